The molecule has 0 bridgehead atoms. The van der Waals surface area contributed by atoms with Crippen molar-refractivity contribution in [1.82, 2.24) is 5.32 Å². The lowest BCUT2D eigenvalue weighted by atomic mass is 9.94. The third-order valence-corrected chi connectivity index (χ3v) is 4.48. The number of carboxylic acid groups (broad SMARTS) is 1. The molecule has 23 heavy (non-hydrogen) atoms. The normalized spacial score (nSPS) is 21.3. The first-order chi connectivity index (χ1) is 11.1. The number of carboxylic acids is 1. The molecule has 1 aromatic carbocycles. The molecule has 1 aliphatic rings. The van der Waals surface area contributed by atoms with Crippen LogP contribution in [0, 0.1) is 5.92 Å². The van der Waals surface area contributed by atoms with E-state index in [4.69, 9.17) is 4.74 Å². The van der Waals surface area contributed by atoms with Gasteiger partial charge in [-0.2, -0.15) is 0 Å². The number of ether oxygens (including phenoxy) is 1. The number of amides is 1. The average molecular weight is 319 g/mol. The van der Waals surface area contributed by atoms with E-state index >= 15 is 0 Å². The lowest BCUT2D eigenvalue weighted by Crippen LogP contribution is -2.42. The van der Waals surface area contributed by atoms with Crippen molar-refractivity contribution in [2.75, 3.05) is 7.11 Å². The van der Waals surface area contributed by atoms with Gasteiger partial charge in [0.25, 0.3) is 0 Å². The van der Waals surface area contributed by atoms with Gasteiger partial charge in [0, 0.05) is 12.5 Å². The van der Waals surface area contributed by atoms with Crippen LogP contribution in [-0.4, -0.2) is 30.1 Å². The maximum absolute atomic E-state index is 12.2. The Hall–Kier alpha value is -2.04. The van der Waals surface area contributed by atoms with Crippen LogP contribution in [0.5, 0.6) is 5.75 Å². The maximum Gasteiger partial charge on any atom is 0.308 e. The lowest BCUT2D eigenvalue weighted by Gasteiger charge is -2.22. The monoisotopic (exact) mass is 319 g/mol. The fourth-order valence-corrected chi connectivity index (χ4v) is 3.11. The third kappa shape index (κ3) is 5.27. The Kier molecular flexibility index (Phi) is 6.44. The Bertz CT molecular complexity index is 526. The predicted octanol–water partition coefficient (Wildman–Crippen LogP) is 2.78. The van der Waals surface area contributed by atoms with Gasteiger partial charge in [-0.05, 0) is 37.0 Å². The minimum Gasteiger partial charge on any atom is -0.497 e. The predicted molar refractivity (Wildman–Crippen MR) is 87.5 cm³/mol. The van der Waals surface area contributed by atoms with E-state index in [0.717, 1.165) is 37.0 Å². The molecule has 126 valence electrons. The highest BCUT2D eigenvalue weighted by Gasteiger charge is 2.30. The largest absolute Gasteiger partial charge is 0.497 e. The Morgan fingerprint density at radius 1 is 1.17 bits per heavy atom. The van der Waals surface area contributed by atoms with Crippen molar-refractivity contribution in [3.8, 4) is 5.75 Å². The Morgan fingerprint density at radius 3 is 2.52 bits per heavy atom. The Balaban J connectivity index is 1.85. The summed E-state index contributed by atoms with van der Waals surface area (Å²) in [5, 5.41) is 12.3. The van der Waals surface area contributed by atoms with Crippen LogP contribution in [0.4, 0.5) is 0 Å². The lowest BCUT2D eigenvalue weighted by molar-refractivity contribution is -0.143. The molecule has 0 radical (unpaired) electrons. The number of carbonyl (C=O) groups is 2. The van der Waals surface area contributed by atoms with Gasteiger partial charge in [0.15, 0.2) is 0 Å². The van der Waals surface area contributed by atoms with Gasteiger partial charge in [0.05, 0.1) is 13.0 Å². The molecular weight excluding hydrogens is 294 g/mol. The number of hydrogen-bond acceptors (Lipinski definition) is 3. The highest BCUT2D eigenvalue weighted by molar-refractivity contribution is 5.78. The quantitative estimate of drug-likeness (QED) is 0.791. The zero-order chi connectivity index (χ0) is 16.7. The zero-order valence-electron chi connectivity index (χ0n) is 13.6. The molecule has 0 aromatic heterocycles. The summed E-state index contributed by atoms with van der Waals surface area (Å²) in [5.74, 6) is -0.533. The molecule has 1 amide bonds. The van der Waals surface area contributed by atoms with E-state index in [1.54, 1.807) is 7.11 Å². The van der Waals surface area contributed by atoms with Gasteiger partial charge in [0.2, 0.25) is 5.91 Å². The summed E-state index contributed by atoms with van der Waals surface area (Å²) in [4.78, 5) is 23.5. The van der Waals surface area contributed by atoms with E-state index in [0.29, 0.717) is 19.3 Å². The van der Waals surface area contributed by atoms with Crippen molar-refractivity contribution in [3.63, 3.8) is 0 Å². The molecule has 1 fully saturated rings. The number of aryl methyl sites for hydroxylation is 1. The molecule has 0 heterocycles. The van der Waals surface area contributed by atoms with E-state index in [2.05, 4.69) is 5.32 Å². The third-order valence-electron chi connectivity index (χ3n) is 4.48. The van der Waals surface area contributed by atoms with E-state index in [-0.39, 0.29) is 11.9 Å². The van der Waals surface area contributed by atoms with Crippen molar-refractivity contribution < 1.29 is 19.4 Å². The second-order valence-corrected chi connectivity index (χ2v) is 6.10. The molecule has 2 atom stereocenters. The van der Waals surface area contributed by atoms with Crippen LogP contribution in [0.25, 0.3) is 0 Å². The summed E-state index contributed by atoms with van der Waals surface area (Å²) in [6, 6.07) is 7.39. The minimum atomic E-state index is -0.799. The summed E-state index contributed by atoms with van der Waals surface area (Å²) in [7, 11) is 1.62. The molecule has 5 nitrogen and oxygen atoms in total. The average Bonchev–Trinajstić information content (AvgIpc) is 2.79. The van der Waals surface area contributed by atoms with Gasteiger partial charge in [-0.3, -0.25) is 9.59 Å². The molecule has 2 rings (SSSR count). The SMILES string of the molecule is COc1ccc(CCC(=O)N[C@H]2CCCCC[C@H]2C(=O)O)cc1. The molecule has 0 spiro atoms. The number of rotatable bonds is 6. The van der Waals surface area contributed by atoms with Crippen LogP contribution in [0.15, 0.2) is 24.3 Å². The van der Waals surface area contributed by atoms with Crippen LogP contribution in [0.1, 0.15) is 44.1 Å². The Labute approximate surface area is 137 Å². The first-order valence-corrected chi connectivity index (χ1v) is 8.25. The fourth-order valence-electron chi connectivity index (χ4n) is 3.11. The van der Waals surface area contributed by atoms with Gasteiger partial charge in [0.1, 0.15) is 5.75 Å². The van der Waals surface area contributed by atoms with Crippen LogP contribution in [0.2, 0.25) is 0 Å². The molecule has 2 N–H and O–H groups in total. The molecule has 0 saturated heterocycles. The number of nitrogens with one attached hydrogen (secondary N) is 1. The number of methoxy groups -OCH3 is 1. The fraction of sp³-hybridized carbons (Fsp3) is 0.556. The summed E-state index contributed by atoms with van der Waals surface area (Å²) in [6.07, 6.45) is 5.36. The molecule has 1 saturated carbocycles. The highest BCUT2D eigenvalue weighted by Crippen LogP contribution is 2.24. The number of hydrogen-bond donors (Lipinski definition) is 2. The Morgan fingerprint density at radius 2 is 1.87 bits per heavy atom. The second kappa shape index (κ2) is 8.56. The zero-order valence-corrected chi connectivity index (χ0v) is 13.6. The van der Waals surface area contributed by atoms with E-state index in [1.807, 2.05) is 24.3 Å². The van der Waals surface area contributed by atoms with E-state index in [9.17, 15) is 14.7 Å². The van der Waals surface area contributed by atoms with Gasteiger partial charge in [-0.25, -0.2) is 0 Å². The first kappa shape index (κ1) is 17.3. The molecule has 5 heteroatoms. The topological polar surface area (TPSA) is 75.6 Å². The minimum absolute atomic E-state index is 0.0704. The molecular formula is C18H25NO4. The number of benzene rings is 1. The van der Waals surface area contributed by atoms with Crippen LogP contribution >= 0.6 is 0 Å². The van der Waals surface area contributed by atoms with Crippen molar-refractivity contribution >= 4 is 11.9 Å². The maximum atomic E-state index is 12.2. The highest BCUT2D eigenvalue weighted by atomic mass is 16.5. The van der Waals surface area contributed by atoms with Crippen LogP contribution in [-0.2, 0) is 16.0 Å². The summed E-state index contributed by atoms with van der Waals surface area (Å²) < 4.78 is 5.11. The molecule has 0 unspecified atom stereocenters. The smallest absolute Gasteiger partial charge is 0.308 e. The van der Waals surface area contributed by atoms with Crippen molar-refractivity contribution in [2.24, 2.45) is 5.92 Å². The van der Waals surface area contributed by atoms with E-state index in [1.165, 1.54) is 0 Å². The van der Waals surface area contributed by atoms with Gasteiger partial charge in [-0.1, -0.05) is 31.4 Å². The van der Waals surface area contributed by atoms with Gasteiger partial charge < -0.3 is 15.2 Å². The summed E-state index contributed by atoms with van der Waals surface area (Å²) in [5.41, 5.74) is 1.07. The van der Waals surface area contributed by atoms with Crippen molar-refractivity contribution in [3.05, 3.63) is 29.8 Å². The first-order valence-electron chi connectivity index (χ1n) is 8.25. The van der Waals surface area contributed by atoms with Crippen LogP contribution < -0.4 is 10.1 Å². The van der Waals surface area contributed by atoms with Gasteiger partial charge >= 0.3 is 5.97 Å². The molecule has 0 aliphatic heterocycles. The second-order valence-electron chi connectivity index (χ2n) is 6.10. The van der Waals surface area contributed by atoms with E-state index < -0.39 is 11.9 Å². The van der Waals surface area contributed by atoms with Crippen molar-refractivity contribution in [1.29, 1.82) is 0 Å². The molecule has 1 aliphatic carbocycles. The van der Waals surface area contributed by atoms with Crippen LogP contribution in [0.3, 0.4) is 0 Å². The van der Waals surface area contributed by atoms with Gasteiger partial charge in [-0.15, -0.1) is 0 Å². The van der Waals surface area contributed by atoms with Crippen molar-refractivity contribution in [2.45, 2.75) is 51.0 Å². The number of aliphatic carboxylic acids is 1. The number of carbonyl (C=O) groups excluding carboxylic acids is 1. The summed E-state index contributed by atoms with van der Waals surface area (Å²) >= 11 is 0. The molecule has 1 aromatic rings. The standard InChI is InChI=1S/C18H25NO4/c1-23-14-10-7-13(8-11-14)9-12-17(20)19-16-6-4-2-3-5-15(16)18(21)22/h7-8,10-11,15-16H,2-6,9,12H2,1H3,(H,19,20)(H,21,22)/t15-,16+/m1/s1. The summed E-state index contributed by atoms with van der Waals surface area (Å²) in [6.45, 7) is 0.